The molecule has 0 bridgehead atoms. The van der Waals surface area contributed by atoms with Crippen molar-refractivity contribution in [2.24, 2.45) is 0 Å². The van der Waals surface area contributed by atoms with Gasteiger partial charge < -0.3 is 5.11 Å². The lowest BCUT2D eigenvalue weighted by molar-refractivity contribution is 0.0690. The number of aromatic nitrogens is 2. The van der Waals surface area contributed by atoms with Crippen molar-refractivity contribution in [3.05, 3.63) is 130 Å². The van der Waals surface area contributed by atoms with Gasteiger partial charge in [-0.2, -0.15) is 5.26 Å². The molecule has 34 heavy (non-hydrogen) atoms. The van der Waals surface area contributed by atoms with Crippen LogP contribution >= 0.6 is 0 Å². The van der Waals surface area contributed by atoms with Crippen molar-refractivity contribution in [2.75, 3.05) is 0 Å². The summed E-state index contributed by atoms with van der Waals surface area (Å²) in [5.74, 6) is -1.01. The number of hydrogen-bond donors (Lipinski definition) is 1. The lowest BCUT2D eigenvalue weighted by Gasteiger charge is -1.97. The van der Waals surface area contributed by atoms with Crippen LogP contribution in [0.2, 0.25) is 0 Å². The Hall–Kier alpha value is -4.82. The van der Waals surface area contributed by atoms with E-state index in [4.69, 9.17) is 10.4 Å². The van der Waals surface area contributed by atoms with Crippen LogP contribution in [0.3, 0.4) is 0 Å². The number of pyridine rings is 2. The molecule has 5 heteroatoms. The molecule has 4 rings (SSSR count). The average Bonchev–Trinajstić information content (AvgIpc) is 2.87. The first kappa shape index (κ1) is 23.8. The van der Waals surface area contributed by atoms with E-state index in [9.17, 15) is 4.79 Å². The molecule has 0 radical (unpaired) electrons. The van der Waals surface area contributed by atoms with Crippen molar-refractivity contribution in [3.63, 3.8) is 0 Å². The van der Waals surface area contributed by atoms with Gasteiger partial charge in [-0.1, -0.05) is 72.8 Å². The van der Waals surface area contributed by atoms with Crippen LogP contribution in [-0.2, 0) is 0 Å². The molecule has 0 atom stereocenters. The molecule has 0 unspecified atom stereocenters. The Labute approximate surface area is 199 Å². The molecule has 1 N–H and O–H groups in total. The number of benzene rings is 2. The molecule has 2 aromatic carbocycles. The van der Waals surface area contributed by atoms with Gasteiger partial charge in [-0.3, -0.25) is 4.98 Å². The van der Waals surface area contributed by atoms with Gasteiger partial charge in [0.25, 0.3) is 0 Å². The second-order valence-corrected chi connectivity index (χ2v) is 7.23. The molecule has 4 aromatic rings. The van der Waals surface area contributed by atoms with Crippen LogP contribution in [0, 0.1) is 18.3 Å². The Balaban J connectivity index is 0.000000191. The van der Waals surface area contributed by atoms with E-state index in [0.29, 0.717) is 11.3 Å². The minimum absolute atomic E-state index is 0.0558. The van der Waals surface area contributed by atoms with Gasteiger partial charge in [0.1, 0.15) is 5.69 Å². The van der Waals surface area contributed by atoms with Gasteiger partial charge in [-0.05, 0) is 60.5 Å². The van der Waals surface area contributed by atoms with Crippen molar-refractivity contribution in [2.45, 2.75) is 6.92 Å². The highest BCUT2D eigenvalue weighted by Crippen LogP contribution is 2.12. The molecule has 2 heterocycles. The highest BCUT2D eigenvalue weighted by Gasteiger charge is 2.03. The SMILES string of the molecule is Cc1cccc(C=Cc2ccccc2C#N)n1.O=C(O)c1cccc(C=Cc2ccccc2)n1. The molecule has 0 aliphatic heterocycles. The number of aromatic carboxylic acids is 1. The third kappa shape index (κ3) is 7.40. The number of carbonyl (C=O) groups is 1. The van der Waals surface area contributed by atoms with Gasteiger partial charge in [-0.15, -0.1) is 0 Å². The summed E-state index contributed by atoms with van der Waals surface area (Å²) >= 11 is 0. The Morgan fingerprint density at radius 3 is 2.12 bits per heavy atom. The van der Waals surface area contributed by atoms with Crippen LogP contribution in [0.1, 0.15) is 44.3 Å². The highest BCUT2D eigenvalue weighted by molar-refractivity contribution is 5.85. The van der Waals surface area contributed by atoms with Crippen LogP contribution in [-0.4, -0.2) is 21.0 Å². The zero-order valence-corrected chi connectivity index (χ0v) is 18.7. The molecular formula is C29H23N3O2. The van der Waals surface area contributed by atoms with E-state index in [1.807, 2.05) is 97.9 Å². The summed E-state index contributed by atoms with van der Waals surface area (Å²) in [5.41, 5.74) is 5.22. The van der Waals surface area contributed by atoms with Gasteiger partial charge in [0.2, 0.25) is 0 Å². The van der Waals surface area contributed by atoms with Gasteiger partial charge in [0, 0.05) is 5.69 Å². The third-order valence-electron chi connectivity index (χ3n) is 4.66. The van der Waals surface area contributed by atoms with Gasteiger partial charge >= 0.3 is 5.97 Å². The Bertz CT molecular complexity index is 1350. The molecule has 0 saturated heterocycles. The van der Waals surface area contributed by atoms with E-state index in [-0.39, 0.29) is 5.69 Å². The summed E-state index contributed by atoms with van der Waals surface area (Å²) in [7, 11) is 0. The van der Waals surface area contributed by atoms with E-state index >= 15 is 0 Å². The van der Waals surface area contributed by atoms with Crippen LogP contribution in [0.15, 0.2) is 91.0 Å². The summed E-state index contributed by atoms with van der Waals surface area (Å²) < 4.78 is 0. The largest absolute Gasteiger partial charge is 0.477 e. The van der Waals surface area contributed by atoms with E-state index in [0.717, 1.165) is 22.5 Å². The van der Waals surface area contributed by atoms with Crippen LogP contribution in [0.5, 0.6) is 0 Å². The van der Waals surface area contributed by atoms with Crippen molar-refractivity contribution < 1.29 is 9.90 Å². The first-order valence-electron chi connectivity index (χ1n) is 10.6. The predicted molar refractivity (Wildman–Crippen MR) is 136 cm³/mol. The predicted octanol–water partition coefficient (Wildman–Crippen LogP) is 6.38. The van der Waals surface area contributed by atoms with Crippen molar-refractivity contribution in [1.82, 2.24) is 9.97 Å². The van der Waals surface area contributed by atoms with Gasteiger partial charge in [0.15, 0.2) is 0 Å². The van der Waals surface area contributed by atoms with E-state index in [1.165, 1.54) is 6.07 Å². The lowest BCUT2D eigenvalue weighted by Crippen LogP contribution is -2.00. The average molecular weight is 446 g/mol. The Morgan fingerprint density at radius 1 is 0.765 bits per heavy atom. The molecule has 0 saturated carbocycles. The molecule has 0 amide bonds. The standard InChI is InChI=1S/C15H12N2.C14H11NO2/c1-12-5-4-8-15(17-12)10-9-13-6-2-3-7-14(13)11-16;16-14(17)13-8-4-7-12(15-13)10-9-11-5-2-1-3-6-11/h2-10H,1H3;1-10H,(H,16,17). The second-order valence-electron chi connectivity index (χ2n) is 7.23. The normalized spacial score (nSPS) is 10.5. The molecule has 0 fully saturated rings. The highest BCUT2D eigenvalue weighted by atomic mass is 16.4. The smallest absolute Gasteiger partial charge is 0.354 e. The summed E-state index contributed by atoms with van der Waals surface area (Å²) in [6.45, 7) is 1.96. The number of nitrogens with zero attached hydrogens (tertiary/aromatic N) is 3. The second kappa shape index (κ2) is 12.3. The number of hydrogen-bond acceptors (Lipinski definition) is 4. The molecule has 2 aromatic heterocycles. The van der Waals surface area contributed by atoms with Crippen LogP contribution in [0.25, 0.3) is 24.3 Å². The minimum Gasteiger partial charge on any atom is -0.477 e. The van der Waals surface area contributed by atoms with Gasteiger partial charge in [0.05, 0.1) is 23.0 Å². The van der Waals surface area contributed by atoms with Crippen LogP contribution < -0.4 is 0 Å². The number of carboxylic acids is 1. The maximum atomic E-state index is 10.7. The third-order valence-corrected chi connectivity index (χ3v) is 4.66. The fourth-order valence-corrected chi connectivity index (χ4v) is 2.99. The fraction of sp³-hybridized carbons (Fsp3) is 0.0345. The molecule has 5 nitrogen and oxygen atoms in total. The van der Waals surface area contributed by atoms with E-state index in [2.05, 4.69) is 16.0 Å². The number of carboxylic acid groups (broad SMARTS) is 1. The molecule has 0 aliphatic carbocycles. The molecule has 0 aliphatic rings. The number of aryl methyl sites for hydroxylation is 1. The number of nitriles is 1. The molecule has 0 spiro atoms. The maximum Gasteiger partial charge on any atom is 0.354 e. The zero-order valence-electron chi connectivity index (χ0n) is 18.7. The topological polar surface area (TPSA) is 86.9 Å². The van der Waals surface area contributed by atoms with Crippen molar-refractivity contribution in [3.8, 4) is 6.07 Å². The Kier molecular flexibility index (Phi) is 8.61. The van der Waals surface area contributed by atoms with Crippen molar-refractivity contribution in [1.29, 1.82) is 5.26 Å². The van der Waals surface area contributed by atoms with Crippen molar-refractivity contribution >= 4 is 30.3 Å². The van der Waals surface area contributed by atoms with E-state index in [1.54, 1.807) is 18.2 Å². The molecule has 166 valence electrons. The summed E-state index contributed by atoms with van der Waals surface area (Å²) in [6.07, 6.45) is 7.53. The van der Waals surface area contributed by atoms with Gasteiger partial charge in [-0.25, -0.2) is 9.78 Å². The maximum absolute atomic E-state index is 10.7. The first-order valence-corrected chi connectivity index (χ1v) is 10.6. The van der Waals surface area contributed by atoms with Crippen LogP contribution in [0.4, 0.5) is 0 Å². The molecular weight excluding hydrogens is 422 g/mol. The summed E-state index contributed by atoms with van der Waals surface area (Å²) in [5, 5.41) is 17.8. The van der Waals surface area contributed by atoms with E-state index < -0.39 is 5.97 Å². The first-order chi connectivity index (χ1) is 16.5. The fourth-order valence-electron chi connectivity index (χ4n) is 2.99. The Morgan fingerprint density at radius 2 is 1.41 bits per heavy atom. The zero-order chi connectivity index (χ0) is 24.2. The quantitative estimate of drug-likeness (QED) is 0.385. The summed E-state index contributed by atoms with van der Waals surface area (Å²) in [4.78, 5) is 19.1. The monoisotopic (exact) mass is 445 g/mol. The minimum atomic E-state index is -1.01. The number of rotatable bonds is 5. The lowest BCUT2D eigenvalue weighted by atomic mass is 10.1. The summed E-state index contributed by atoms with van der Waals surface area (Å²) in [6, 6.07) is 30.3.